The van der Waals surface area contributed by atoms with Gasteiger partial charge in [0.15, 0.2) is 0 Å². The first-order valence-corrected chi connectivity index (χ1v) is 5.30. The van der Waals surface area contributed by atoms with Crippen molar-refractivity contribution >= 4 is 7.92 Å². The fraction of sp³-hybridized carbons (Fsp3) is 1.00. The van der Waals surface area contributed by atoms with E-state index in [4.69, 9.17) is 0 Å². The Morgan fingerprint density at radius 3 is 1.11 bits per heavy atom. The normalized spacial score (nSPS) is 8.00. The van der Waals surface area contributed by atoms with E-state index >= 15 is 0 Å². The van der Waals surface area contributed by atoms with Crippen LogP contribution in [-0.2, 0) is 22.4 Å². The van der Waals surface area contributed by atoms with Crippen molar-refractivity contribution in [3.63, 3.8) is 0 Å². The molecule has 0 aliphatic carbocycles. The molecular formula is C6H16AuIP+. The Morgan fingerprint density at radius 2 is 1.11 bits per heavy atom. The van der Waals surface area contributed by atoms with Crippen molar-refractivity contribution in [1.29, 1.82) is 0 Å². The maximum atomic E-state index is 2.31. The van der Waals surface area contributed by atoms with Crippen LogP contribution >= 0.6 is 7.92 Å². The van der Waals surface area contributed by atoms with Crippen molar-refractivity contribution in [3.05, 3.63) is 0 Å². The van der Waals surface area contributed by atoms with Crippen LogP contribution in [0, 0.1) is 0 Å². The van der Waals surface area contributed by atoms with Crippen molar-refractivity contribution in [3.8, 4) is 0 Å². The smallest absolute Gasteiger partial charge is 1.00 e. The Hall–Kier alpha value is 1.90. The fourth-order valence-corrected chi connectivity index (χ4v) is 2.25. The van der Waals surface area contributed by atoms with Crippen molar-refractivity contribution in [2.75, 3.05) is 18.5 Å². The van der Waals surface area contributed by atoms with E-state index in [0.717, 1.165) is 0 Å². The first-order valence-electron chi connectivity index (χ1n) is 3.18. The second-order valence-electron chi connectivity index (χ2n) is 1.81. The Kier molecular flexibility index (Phi) is 23.9. The van der Waals surface area contributed by atoms with E-state index in [2.05, 4.69) is 20.8 Å². The molecule has 0 aliphatic heterocycles. The van der Waals surface area contributed by atoms with E-state index in [1.54, 1.807) is 0 Å². The maximum Gasteiger partial charge on any atom is 1.00 e. The van der Waals surface area contributed by atoms with Gasteiger partial charge >= 0.3 is 22.4 Å². The molecule has 0 rings (SSSR count). The third kappa shape index (κ3) is 9.90. The summed E-state index contributed by atoms with van der Waals surface area (Å²) in [5.74, 6) is 0. The van der Waals surface area contributed by atoms with Crippen LogP contribution in [0.2, 0.25) is 0 Å². The molecule has 0 nitrogen and oxygen atoms in total. The molecule has 0 radical (unpaired) electrons. The molecule has 0 aromatic carbocycles. The quantitative estimate of drug-likeness (QED) is 0.307. The summed E-state index contributed by atoms with van der Waals surface area (Å²) in [5, 5.41) is 0. The molecule has 0 heterocycles. The third-order valence-electron chi connectivity index (χ3n) is 1.50. The van der Waals surface area contributed by atoms with Gasteiger partial charge in [0, 0.05) is 0 Å². The van der Waals surface area contributed by atoms with Crippen molar-refractivity contribution in [1.82, 2.24) is 0 Å². The molecule has 62 valence electrons. The van der Waals surface area contributed by atoms with Crippen LogP contribution in [-0.4, -0.2) is 18.5 Å². The summed E-state index contributed by atoms with van der Waals surface area (Å²) >= 11 is 0. The van der Waals surface area contributed by atoms with Crippen molar-refractivity contribution < 1.29 is 46.4 Å². The molecule has 0 saturated heterocycles. The second-order valence-corrected chi connectivity index (χ2v) is 5.43. The average molecular weight is 443 g/mol. The van der Waals surface area contributed by atoms with Gasteiger partial charge in [0.25, 0.3) is 0 Å². The predicted octanol–water partition coefficient (Wildman–Crippen LogP) is -0.738. The van der Waals surface area contributed by atoms with Crippen LogP contribution in [0.15, 0.2) is 0 Å². The fourth-order valence-electron chi connectivity index (χ4n) is 0.750. The molecule has 0 amide bonds. The second kappa shape index (κ2) is 12.6. The Labute approximate surface area is 92.8 Å². The monoisotopic (exact) mass is 443 g/mol. The SMILES string of the molecule is CC[PH+](CC)CC.[Au+].[I-]. The van der Waals surface area contributed by atoms with E-state index in [0.29, 0.717) is 0 Å². The van der Waals surface area contributed by atoms with Gasteiger partial charge < -0.3 is 24.0 Å². The number of halogens is 1. The summed E-state index contributed by atoms with van der Waals surface area (Å²) in [7, 11) is 0.137. The van der Waals surface area contributed by atoms with Gasteiger partial charge in [-0.05, 0) is 28.7 Å². The molecule has 3 heteroatoms. The minimum absolute atomic E-state index is 0. The van der Waals surface area contributed by atoms with Crippen molar-refractivity contribution in [2.45, 2.75) is 20.8 Å². The van der Waals surface area contributed by atoms with Crippen LogP contribution in [0.4, 0.5) is 0 Å². The van der Waals surface area contributed by atoms with Crippen LogP contribution in [0.1, 0.15) is 20.8 Å². The van der Waals surface area contributed by atoms with E-state index < -0.39 is 0 Å². The average Bonchev–Trinajstić information content (AvgIpc) is 1.72. The van der Waals surface area contributed by atoms with Gasteiger partial charge in [0.05, 0.1) is 18.5 Å². The van der Waals surface area contributed by atoms with Crippen LogP contribution < -0.4 is 24.0 Å². The summed E-state index contributed by atoms with van der Waals surface area (Å²) in [5.41, 5.74) is 0. The Bertz CT molecular complexity index is 34.5. The van der Waals surface area contributed by atoms with Gasteiger partial charge in [0.2, 0.25) is 0 Å². The molecule has 0 atom stereocenters. The first kappa shape index (κ1) is 17.1. The summed E-state index contributed by atoms with van der Waals surface area (Å²) in [6.45, 7) is 6.92. The van der Waals surface area contributed by atoms with Crippen LogP contribution in [0.5, 0.6) is 0 Å². The zero-order valence-electron chi connectivity index (χ0n) is 6.30. The summed E-state index contributed by atoms with van der Waals surface area (Å²) in [6.07, 6.45) is 4.37. The molecule has 0 fully saturated rings. The largest absolute Gasteiger partial charge is 1.00 e. The molecule has 0 saturated carbocycles. The maximum absolute atomic E-state index is 2.31. The molecule has 0 N–H and O–H groups in total. The zero-order chi connectivity index (χ0) is 5.70. The van der Waals surface area contributed by atoms with E-state index in [1.807, 2.05) is 0 Å². The molecule has 0 spiro atoms. The van der Waals surface area contributed by atoms with Crippen molar-refractivity contribution in [2.24, 2.45) is 0 Å². The summed E-state index contributed by atoms with van der Waals surface area (Å²) < 4.78 is 0. The standard InChI is InChI=1S/C6H15P.Au.HI/c1-4-7(5-2)6-3;;/h4-6H2,1-3H3;;1H/q;+1;. The van der Waals surface area contributed by atoms with E-state index in [1.165, 1.54) is 18.5 Å². The van der Waals surface area contributed by atoms with E-state index in [-0.39, 0.29) is 54.3 Å². The van der Waals surface area contributed by atoms with Gasteiger partial charge in [0.1, 0.15) is 0 Å². The van der Waals surface area contributed by atoms with Gasteiger partial charge in [-0.2, -0.15) is 0 Å². The minimum atomic E-state index is 0. The minimum Gasteiger partial charge on any atom is -1.00 e. The molecule has 0 aromatic heterocycles. The zero-order valence-corrected chi connectivity index (χ0v) is 11.6. The van der Waals surface area contributed by atoms with Gasteiger partial charge in [-0.1, -0.05) is 0 Å². The van der Waals surface area contributed by atoms with Gasteiger partial charge in [-0.25, -0.2) is 0 Å². The summed E-state index contributed by atoms with van der Waals surface area (Å²) in [4.78, 5) is 0. The first-order chi connectivity index (χ1) is 3.35. The molecule has 9 heavy (non-hydrogen) atoms. The predicted molar refractivity (Wildman–Crippen MR) is 39.9 cm³/mol. The number of hydrogen-bond donors (Lipinski definition) is 0. The van der Waals surface area contributed by atoms with Gasteiger partial charge in [-0.15, -0.1) is 0 Å². The summed E-state index contributed by atoms with van der Waals surface area (Å²) in [6, 6.07) is 0. The van der Waals surface area contributed by atoms with Crippen LogP contribution in [0.25, 0.3) is 0 Å². The third-order valence-corrected chi connectivity index (χ3v) is 4.50. The molecule has 0 aromatic rings. The van der Waals surface area contributed by atoms with Crippen LogP contribution in [0.3, 0.4) is 0 Å². The molecule has 0 aliphatic rings. The molecule has 0 unspecified atom stereocenters. The Balaban J connectivity index is -0.000000180. The molecular weight excluding hydrogens is 427 g/mol. The number of rotatable bonds is 3. The number of hydrogen-bond acceptors (Lipinski definition) is 0. The molecule has 0 bridgehead atoms. The topological polar surface area (TPSA) is 0 Å². The Morgan fingerprint density at radius 1 is 0.889 bits per heavy atom. The van der Waals surface area contributed by atoms with Gasteiger partial charge in [-0.3, -0.25) is 0 Å². The van der Waals surface area contributed by atoms with E-state index in [9.17, 15) is 0 Å².